The van der Waals surface area contributed by atoms with Crippen LogP contribution in [0.4, 0.5) is 0 Å². The summed E-state index contributed by atoms with van der Waals surface area (Å²) in [5.74, 6) is 0.145. The summed E-state index contributed by atoms with van der Waals surface area (Å²) in [6.07, 6.45) is 1.44. The van der Waals surface area contributed by atoms with Crippen molar-refractivity contribution in [2.45, 2.75) is 0 Å². The van der Waals surface area contributed by atoms with Gasteiger partial charge in [0, 0.05) is 19.2 Å². The zero-order valence-electron chi connectivity index (χ0n) is 9.86. The predicted molar refractivity (Wildman–Crippen MR) is 75.1 cm³/mol. The number of furan rings is 1. The van der Waals surface area contributed by atoms with Gasteiger partial charge in [0.25, 0.3) is 5.91 Å². The molecule has 5 nitrogen and oxygen atoms in total. The molecule has 0 unspecified atom stereocenters. The molecule has 0 bridgehead atoms. The molecular formula is C12H10Br2N2O3. The molecule has 2 rings (SSSR count). The Morgan fingerprint density at radius 3 is 2.63 bits per heavy atom. The van der Waals surface area contributed by atoms with Crippen molar-refractivity contribution in [3.63, 3.8) is 0 Å². The second-order valence-electron chi connectivity index (χ2n) is 3.84. The van der Waals surface area contributed by atoms with E-state index in [0.717, 1.165) is 4.47 Å². The minimum Gasteiger partial charge on any atom is -0.449 e. The van der Waals surface area contributed by atoms with Gasteiger partial charge in [0.1, 0.15) is 17.4 Å². The quantitative estimate of drug-likeness (QED) is 0.575. The lowest BCUT2D eigenvalue weighted by atomic mass is 10.2. The lowest BCUT2D eigenvalue weighted by Crippen LogP contribution is -2.41. The number of morpholine rings is 1. The molecule has 0 N–H and O–H groups in total. The number of ether oxygens (including phenoxy) is 1. The molecule has 0 aliphatic carbocycles. The summed E-state index contributed by atoms with van der Waals surface area (Å²) in [5, 5.41) is 9.10. The van der Waals surface area contributed by atoms with E-state index in [1.807, 2.05) is 6.07 Å². The Morgan fingerprint density at radius 2 is 2.11 bits per heavy atom. The molecule has 0 saturated carbocycles. The molecular weight excluding hydrogens is 380 g/mol. The number of carbonyl (C=O) groups is 1. The average Bonchev–Trinajstić information content (AvgIpc) is 2.75. The Labute approximate surface area is 127 Å². The average molecular weight is 390 g/mol. The Bertz CT molecular complexity index is 534. The number of hydrogen-bond donors (Lipinski definition) is 0. The highest BCUT2D eigenvalue weighted by atomic mass is 79.9. The van der Waals surface area contributed by atoms with E-state index >= 15 is 0 Å². The Kier molecular flexibility index (Phi) is 4.80. The van der Waals surface area contributed by atoms with Crippen molar-refractivity contribution in [1.82, 2.24) is 4.90 Å². The van der Waals surface area contributed by atoms with Gasteiger partial charge in [0.15, 0.2) is 4.67 Å². The summed E-state index contributed by atoms with van der Waals surface area (Å²) >= 11 is 6.48. The summed E-state index contributed by atoms with van der Waals surface area (Å²) in [6.45, 7) is 2.01. The van der Waals surface area contributed by atoms with E-state index in [-0.39, 0.29) is 11.5 Å². The van der Waals surface area contributed by atoms with E-state index < -0.39 is 0 Å². The van der Waals surface area contributed by atoms with Crippen LogP contribution in [0.3, 0.4) is 0 Å². The summed E-state index contributed by atoms with van der Waals surface area (Å²) in [7, 11) is 0. The van der Waals surface area contributed by atoms with Gasteiger partial charge in [-0.3, -0.25) is 4.79 Å². The van der Waals surface area contributed by atoms with Crippen molar-refractivity contribution < 1.29 is 13.9 Å². The first-order valence-corrected chi connectivity index (χ1v) is 7.14. The number of halogens is 2. The van der Waals surface area contributed by atoms with Crippen molar-refractivity contribution in [1.29, 1.82) is 5.26 Å². The summed E-state index contributed by atoms with van der Waals surface area (Å²) in [4.78, 5) is 13.7. The fraction of sp³-hybridized carbons (Fsp3) is 0.333. The van der Waals surface area contributed by atoms with Gasteiger partial charge in [-0.15, -0.1) is 0 Å². The Hall–Kier alpha value is -1.10. The molecule has 0 radical (unpaired) electrons. The monoisotopic (exact) mass is 388 g/mol. The molecule has 0 aromatic carbocycles. The van der Waals surface area contributed by atoms with Gasteiger partial charge in [-0.05, 0) is 37.9 Å². The highest BCUT2D eigenvalue weighted by molar-refractivity contribution is 9.13. The molecule has 1 aliphatic rings. The smallest absolute Gasteiger partial charge is 0.264 e. The molecule has 0 spiro atoms. The van der Waals surface area contributed by atoms with Gasteiger partial charge >= 0.3 is 0 Å². The molecule has 1 amide bonds. The van der Waals surface area contributed by atoms with Crippen LogP contribution < -0.4 is 0 Å². The van der Waals surface area contributed by atoms with Crippen LogP contribution in [-0.4, -0.2) is 37.1 Å². The van der Waals surface area contributed by atoms with Gasteiger partial charge in [-0.25, -0.2) is 0 Å². The first-order chi connectivity index (χ1) is 9.11. The van der Waals surface area contributed by atoms with Crippen LogP contribution in [0.1, 0.15) is 5.76 Å². The van der Waals surface area contributed by atoms with E-state index in [4.69, 9.17) is 14.4 Å². The van der Waals surface area contributed by atoms with Crippen molar-refractivity contribution in [3.05, 3.63) is 26.5 Å². The summed E-state index contributed by atoms with van der Waals surface area (Å²) in [6, 6.07) is 3.60. The van der Waals surface area contributed by atoms with Crippen LogP contribution in [0.15, 0.2) is 25.2 Å². The molecule has 2 heterocycles. The highest BCUT2D eigenvalue weighted by Crippen LogP contribution is 2.28. The molecule has 100 valence electrons. The Balaban J connectivity index is 2.19. The van der Waals surface area contributed by atoms with Crippen LogP contribution in [0.5, 0.6) is 0 Å². The summed E-state index contributed by atoms with van der Waals surface area (Å²) < 4.78 is 11.8. The minimum atomic E-state index is -0.297. The third-order valence-electron chi connectivity index (χ3n) is 2.60. The maximum absolute atomic E-state index is 12.1. The maximum Gasteiger partial charge on any atom is 0.264 e. The number of carbonyl (C=O) groups excluding carboxylic acids is 1. The van der Waals surface area contributed by atoms with Gasteiger partial charge in [-0.1, -0.05) is 0 Å². The minimum absolute atomic E-state index is 0.0515. The van der Waals surface area contributed by atoms with Crippen molar-refractivity contribution in [2.24, 2.45) is 0 Å². The van der Waals surface area contributed by atoms with E-state index in [9.17, 15) is 4.79 Å². The first kappa shape index (κ1) is 14.3. The molecule has 0 atom stereocenters. The van der Waals surface area contributed by atoms with E-state index in [2.05, 4.69) is 31.9 Å². The van der Waals surface area contributed by atoms with Crippen molar-refractivity contribution in [3.8, 4) is 6.07 Å². The maximum atomic E-state index is 12.1. The van der Waals surface area contributed by atoms with Crippen LogP contribution in [0, 0.1) is 11.3 Å². The number of amides is 1. The molecule has 19 heavy (non-hydrogen) atoms. The zero-order valence-corrected chi connectivity index (χ0v) is 13.0. The third-order valence-corrected chi connectivity index (χ3v) is 4.31. The molecule has 7 heteroatoms. The van der Waals surface area contributed by atoms with Crippen LogP contribution in [-0.2, 0) is 9.53 Å². The van der Waals surface area contributed by atoms with Crippen molar-refractivity contribution in [2.75, 3.05) is 26.3 Å². The van der Waals surface area contributed by atoms with Crippen LogP contribution in [0.2, 0.25) is 0 Å². The third kappa shape index (κ3) is 3.47. The summed E-state index contributed by atoms with van der Waals surface area (Å²) in [5.41, 5.74) is 0.0515. The number of rotatable bonds is 2. The number of nitrogens with zero attached hydrogens (tertiary/aromatic N) is 2. The van der Waals surface area contributed by atoms with E-state index in [1.165, 1.54) is 6.08 Å². The number of nitriles is 1. The fourth-order valence-corrected chi connectivity index (χ4v) is 2.26. The molecule has 1 aromatic rings. The van der Waals surface area contributed by atoms with Crippen LogP contribution >= 0.6 is 31.9 Å². The second kappa shape index (κ2) is 6.37. The molecule has 1 aromatic heterocycles. The number of hydrogen-bond acceptors (Lipinski definition) is 4. The topological polar surface area (TPSA) is 66.5 Å². The van der Waals surface area contributed by atoms with Gasteiger partial charge in [-0.2, -0.15) is 5.26 Å². The Morgan fingerprint density at radius 1 is 1.42 bits per heavy atom. The van der Waals surface area contributed by atoms with Gasteiger partial charge < -0.3 is 14.1 Å². The van der Waals surface area contributed by atoms with Crippen LogP contribution in [0.25, 0.3) is 6.08 Å². The SMILES string of the molecule is N#C/C(=C/c1cc(Br)c(Br)o1)C(=O)N1CCOCC1. The van der Waals surface area contributed by atoms with E-state index in [1.54, 1.807) is 11.0 Å². The standard InChI is InChI=1S/C12H10Br2N2O3/c13-10-6-9(19-11(10)14)5-8(7-15)12(17)16-1-3-18-4-2-16/h5-6H,1-4H2/b8-5-. The normalized spacial score (nSPS) is 16.3. The van der Waals surface area contributed by atoms with Gasteiger partial charge in [0.05, 0.1) is 17.7 Å². The lowest BCUT2D eigenvalue weighted by Gasteiger charge is -2.26. The van der Waals surface area contributed by atoms with E-state index in [0.29, 0.717) is 36.7 Å². The lowest BCUT2D eigenvalue weighted by molar-refractivity contribution is -0.130. The van der Waals surface area contributed by atoms with Gasteiger partial charge in [0.2, 0.25) is 0 Å². The van der Waals surface area contributed by atoms with Crippen molar-refractivity contribution >= 4 is 43.8 Å². The zero-order chi connectivity index (χ0) is 13.8. The fourth-order valence-electron chi connectivity index (χ4n) is 1.66. The largest absolute Gasteiger partial charge is 0.449 e. The predicted octanol–water partition coefficient (Wildman–Crippen LogP) is 2.57. The molecule has 1 fully saturated rings. The highest BCUT2D eigenvalue weighted by Gasteiger charge is 2.21. The first-order valence-electron chi connectivity index (χ1n) is 5.55. The molecule has 1 saturated heterocycles. The molecule has 1 aliphatic heterocycles. The second-order valence-corrected chi connectivity index (χ2v) is 5.42.